The molecule has 1 amide bonds. The van der Waals surface area contributed by atoms with E-state index >= 15 is 0 Å². The van der Waals surface area contributed by atoms with E-state index in [1.54, 1.807) is 29.2 Å². The molecule has 4 fully saturated rings. The molecule has 2 bridgehead atoms. The van der Waals surface area contributed by atoms with Gasteiger partial charge in [-0.25, -0.2) is 9.78 Å². The molecule has 1 saturated heterocycles. The fourth-order valence-electron chi connectivity index (χ4n) is 6.14. The van der Waals surface area contributed by atoms with Gasteiger partial charge in [-0.3, -0.25) is 9.69 Å². The van der Waals surface area contributed by atoms with Crippen LogP contribution in [0.3, 0.4) is 0 Å². The molecule has 12 heteroatoms. The SMILES string of the molecule is O=C(O)c1cc(OC2CC2)c2nc(N3C(=O)[C@@H]4C[C@H]3C[C@H]4OCc3c(-c4c(Cl)cccc4Cl)noc3C3CC3)sc2c1. The topological polar surface area (TPSA) is 115 Å². The second-order valence-corrected chi connectivity index (χ2v) is 13.3. The molecule has 4 aliphatic rings. The molecule has 4 aromatic rings. The lowest BCUT2D eigenvalue weighted by atomic mass is 10.0. The first-order chi connectivity index (χ1) is 20.4. The molecule has 9 nitrogen and oxygen atoms in total. The number of rotatable bonds is 9. The Balaban J connectivity index is 1.04. The summed E-state index contributed by atoms with van der Waals surface area (Å²) in [6, 6.07) is 8.40. The Morgan fingerprint density at radius 2 is 1.93 bits per heavy atom. The maximum absolute atomic E-state index is 13.6. The molecule has 2 aromatic heterocycles. The molecular formula is C30H25Cl2N3O6S. The monoisotopic (exact) mass is 625 g/mol. The molecule has 1 N–H and O–H groups in total. The number of benzene rings is 2. The number of hydrogen-bond donors (Lipinski definition) is 1. The summed E-state index contributed by atoms with van der Waals surface area (Å²) < 4.78 is 18.9. The molecule has 3 saturated carbocycles. The molecule has 42 heavy (non-hydrogen) atoms. The number of ether oxygens (including phenoxy) is 2. The van der Waals surface area contributed by atoms with Gasteiger partial charge in [-0.1, -0.05) is 45.8 Å². The molecule has 8 rings (SSSR count). The van der Waals surface area contributed by atoms with Crippen molar-refractivity contribution in [1.29, 1.82) is 0 Å². The zero-order valence-electron chi connectivity index (χ0n) is 22.2. The van der Waals surface area contributed by atoms with Gasteiger partial charge in [0.1, 0.15) is 22.7 Å². The van der Waals surface area contributed by atoms with E-state index in [-0.39, 0.29) is 42.2 Å². The third kappa shape index (κ3) is 4.47. The first kappa shape index (κ1) is 26.4. The lowest BCUT2D eigenvalue weighted by molar-refractivity contribution is -0.126. The second kappa shape index (κ2) is 9.94. The van der Waals surface area contributed by atoms with Crippen LogP contribution in [0.2, 0.25) is 10.0 Å². The molecule has 0 spiro atoms. The highest BCUT2D eigenvalue weighted by molar-refractivity contribution is 7.22. The number of halogens is 2. The van der Waals surface area contributed by atoms with E-state index in [4.69, 9.17) is 42.2 Å². The van der Waals surface area contributed by atoms with Gasteiger partial charge in [-0.2, -0.15) is 0 Å². The highest BCUT2D eigenvalue weighted by Crippen LogP contribution is 2.49. The summed E-state index contributed by atoms with van der Waals surface area (Å²) in [6.07, 6.45) is 5.12. The van der Waals surface area contributed by atoms with E-state index < -0.39 is 5.97 Å². The average Bonchev–Trinajstić information content (AvgIpc) is 3.81. The minimum absolute atomic E-state index is 0.0273. The summed E-state index contributed by atoms with van der Waals surface area (Å²) in [7, 11) is 0. The normalized spacial score (nSPS) is 23.3. The smallest absolute Gasteiger partial charge is 0.335 e. The van der Waals surface area contributed by atoms with Gasteiger partial charge >= 0.3 is 5.97 Å². The summed E-state index contributed by atoms with van der Waals surface area (Å²) in [6.45, 7) is 0.244. The molecule has 3 heterocycles. The Hall–Kier alpha value is -3.18. The predicted molar refractivity (Wildman–Crippen MR) is 157 cm³/mol. The van der Waals surface area contributed by atoms with Crippen molar-refractivity contribution in [3.05, 3.63) is 57.3 Å². The Bertz CT molecular complexity index is 1740. The number of carbonyl (C=O) groups excluding carboxylic acids is 1. The van der Waals surface area contributed by atoms with E-state index in [1.165, 1.54) is 17.4 Å². The van der Waals surface area contributed by atoms with E-state index in [0.717, 1.165) is 37.0 Å². The van der Waals surface area contributed by atoms with Crippen LogP contribution in [0.25, 0.3) is 21.5 Å². The van der Waals surface area contributed by atoms with Gasteiger partial charge in [0.2, 0.25) is 5.91 Å². The second-order valence-electron chi connectivity index (χ2n) is 11.5. The van der Waals surface area contributed by atoms with Crippen molar-refractivity contribution in [1.82, 2.24) is 10.1 Å². The lowest BCUT2D eigenvalue weighted by Crippen LogP contribution is -2.43. The number of aromatic nitrogens is 2. The van der Waals surface area contributed by atoms with E-state index in [0.29, 0.717) is 61.2 Å². The number of nitrogens with zero attached hydrogens (tertiary/aromatic N) is 3. The van der Waals surface area contributed by atoms with E-state index in [2.05, 4.69) is 5.16 Å². The summed E-state index contributed by atoms with van der Waals surface area (Å²) in [5.41, 5.74) is 2.79. The number of carboxylic acids is 1. The molecule has 3 atom stereocenters. The van der Waals surface area contributed by atoms with Gasteiger partial charge in [0.25, 0.3) is 0 Å². The third-order valence-electron chi connectivity index (χ3n) is 8.53. The minimum Gasteiger partial charge on any atom is -0.488 e. The summed E-state index contributed by atoms with van der Waals surface area (Å²) in [4.78, 5) is 31.9. The van der Waals surface area contributed by atoms with Gasteiger partial charge < -0.3 is 19.1 Å². The van der Waals surface area contributed by atoms with Gasteiger partial charge in [-0.05, 0) is 62.8 Å². The fraction of sp³-hybridized carbons (Fsp3) is 0.400. The number of carboxylic acid groups (broad SMARTS) is 1. The fourth-order valence-corrected chi connectivity index (χ4v) is 7.82. The predicted octanol–water partition coefficient (Wildman–Crippen LogP) is 7.09. The van der Waals surface area contributed by atoms with Gasteiger partial charge in [0, 0.05) is 23.1 Å². The molecule has 0 radical (unpaired) electrons. The summed E-state index contributed by atoms with van der Waals surface area (Å²) in [5.74, 6) is 0.217. The number of hydrogen-bond acceptors (Lipinski definition) is 8. The zero-order chi connectivity index (χ0) is 28.7. The highest BCUT2D eigenvalue weighted by Gasteiger charge is 2.53. The molecule has 0 unspecified atom stereocenters. The number of anilines is 1. The number of fused-ring (bicyclic) bond motifs is 3. The van der Waals surface area contributed by atoms with Crippen molar-refractivity contribution >= 4 is 61.8 Å². The van der Waals surface area contributed by atoms with Crippen molar-refractivity contribution < 1.29 is 28.7 Å². The van der Waals surface area contributed by atoms with Crippen molar-refractivity contribution in [3.8, 4) is 17.0 Å². The van der Waals surface area contributed by atoms with Crippen LogP contribution >= 0.6 is 34.5 Å². The average molecular weight is 627 g/mol. The first-order valence-corrected chi connectivity index (χ1v) is 15.6. The van der Waals surface area contributed by atoms with Crippen LogP contribution in [0.5, 0.6) is 5.75 Å². The maximum atomic E-state index is 13.6. The Kier molecular flexibility index (Phi) is 6.26. The molecule has 3 aliphatic carbocycles. The Labute approximate surface area is 254 Å². The number of piperidine rings is 1. The van der Waals surface area contributed by atoms with Crippen LogP contribution < -0.4 is 9.64 Å². The van der Waals surface area contributed by atoms with Gasteiger partial charge in [-0.15, -0.1) is 0 Å². The minimum atomic E-state index is -1.03. The van der Waals surface area contributed by atoms with Crippen molar-refractivity contribution in [3.63, 3.8) is 0 Å². The van der Waals surface area contributed by atoms with Crippen molar-refractivity contribution in [2.75, 3.05) is 4.90 Å². The van der Waals surface area contributed by atoms with Gasteiger partial charge in [0.15, 0.2) is 5.13 Å². The van der Waals surface area contributed by atoms with Crippen LogP contribution in [0, 0.1) is 5.92 Å². The van der Waals surface area contributed by atoms with Crippen molar-refractivity contribution in [2.45, 2.75) is 69.3 Å². The van der Waals surface area contributed by atoms with Crippen LogP contribution in [-0.4, -0.2) is 45.4 Å². The van der Waals surface area contributed by atoms with E-state index in [9.17, 15) is 14.7 Å². The summed E-state index contributed by atoms with van der Waals surface area (Å²) >= 11 is 14.3. The molecule has 216 valence electrons. The number of amides is 1. The third-order valence-corrected chi connectivity index (χ3v) is 10.2. The van der Waals surface area contributed by atoms with Gasteiger partial charge in [0.05, 0.1) is 45.0 Å². The number of aromatic carboxylic acids is 1. The standard InChI is InChI=1S/C30H25Cl2N3O6S/c31-19-2-1-3-20(32)24(19)25-18(27(41-34-25)13-4-5-13)12-39-21-11-15-10-17(21)28(36)35(15)30-33-26-22(40-16-6-7-16)8-14(29(37)38)9-23(26)42-30/h1-3,8-9,13,15-17,21H,4-7,10-12H2,(H,37,38)/t15-,17+,21+/m0/s1. The van der Waals surface area contributed by atoms with Crippen LogP contribution in [0.15, 0.2) is 34.9 Å². The zero-order valence-corrected chi connectivity index (χ0v) is 24.5. The number of carbonyl (C=O) groups is 2. The largest absolute Gasteiger partial charge is 0.488 e. The van der Waals surface area contributed by atoms with E-state index in [1.807, 2.05) is 0 Å². The Morgan fingerprint density at radius 1 is 1.14 bits per heavy atom. The maximum Gasteiger partial charge on any atom is 0.335 e. The lowest BCUT2D eigenvalue weighted by Gasteiger charge is -2.29. The van der Waals surface area contributed by atoms with Crippen LogP contribution in [0.4, 0.5) is 5.13 Å². The van der Waals surface area contributed by atoms with Crippen LogP contribution in [-0.2, 0) is 16.1 Å². The summed E-state index contributed by atoms with van der Waals surface area (Å²) in [5, 5.41) is 15.5. The van der Waals surface area contributed by atoms with Crippen LogP contribution in [0.1, 0.15) is 66.1 Å². The van der Waals surface area contributed by atoms with Crippen molar-refractivity contribution in [2.24, 2.45) is 5.92 Å². The number of thiazole rings is 1. The molecular weight excluding hydrogens is 601 g/mol. The quantitative estimate of drug-likeness (QED) is 0.210. The molecule has 1 aliphatic heterocycles. The highest BCUT2D eigenvalue weighted by atomic mass is 35.5. The Morgan fingerprint density at radius 3 is 2.62 bits per heavy atom. The first-order valence-electron chi connectivity index (χ1n) is 14.1. The molecule has 2 aromatic carbocycles.